The minimum absolute atomic E-state index is 0.136. The molecule has 0 aliphatic rings. The maximum absolute atomic E-state index is 11.2. The lowest BCUT2D eigenvalue weighted by Crippen LogP contribution is -2.06. The number of sulfone groups is 1. The number of benzene rings is 1. The van der Waals surface area contributed by atoms with Gasteiger partial charge in [-0.2, -0.15) is 0 Å². The van der Waals surface area contributed by atoms with Crippen LogP contribution in [0, 0.1) is 13.8 Å². The molecule has 0 fully saturated rings. The molecule has 0 bridgehead atoms. The fourth-order valence-electron chi connectivity index (χ4n) is 1.79. The highest BCUT2D eigenvalue weighted by Gasteiger charge is 2.12. The van der Waals surface area contributed by atoms with Crippen molar-refractivity contribution in [2.45, 2.75) is 19.0 Å². The van der Waals surface area contributed by atoms with Crippen LogP contribution in [-0.2, 0) is 9.84 Å². The van der Waals surface area contributed by atoms with Gasteiger partial charge in [0.15, 0.2) is 5.16 Å². The van der Waals surface area contributed by atoms with Crippen LogP contribution in [0.2, 0.25) is 0 Å². The molecule has 1 aromatic heterocycles. The zero-order valence-corrected chi connectivity index (χ0v) is 13.3. The molecule has 0 aliphatic carbocycles. The molecule has 2 aromatic rings. The Labute approximate surface area is 123 Å². The van der Waals surface area contributed by atoms with Crippen molar-refractivity contribution in [2.75, 3.05) is 17.8 Å². The first-order valence-electron chi connectivity index (χ1n) is 6.16. The van der Waals surface area contributed by atoms with Crippen molar-refractivity contribution in [1.82, 2.24) is 14.8 Å². The molecule has 0 aliphatic heterocycles. The van der Waals surface area contributed by atoms with Crippen LogP contribution < -0.4 is 0 Å². The van der Waals surface area contributed by atoms with E-state index in [1.165, 1.54) is 18.0 Å². The molecule has 7 heteroatoms. The SMILES string of the molecule is Cc1cccc(-n2c(C)nnc2SCCS(C)(=O)=O)c1. The van der Waals surface area contributed by atoms with E-state index in [-0.39, 0.29) is 5.75 Å². The normalized spacial score (nSPS) is 11.8. The Morgan fingerprint density at radius 2 is 2.00 bits per heavy atom. The first-order valence-corrected chi connectivity index (χ1v) is 9.21. The fourth-order valence-corrected chi connectivity index (χ4v) is 3.98. The lowest BCUT2D eigenvalue weighted by molar-refractivity contribution is 0.603. The Bertz CT molecular complexity index is 708. The topological polar surface area (TPSA) is 64.8 Å². The van der Waals surface area contributed by atoms with Crippen molar-refractivity contribution >= 4 is 21.6 Å². The van der Waals surface area contributed by atoms with Crippen molar-refractivity contribution < 1.29 is 8.42 Å². The molecule has 0 unspecified atom stereocenters. The molecule has 0 atom stereocenters. The average molecular weight is 311 g/mol. The van der Waals surface area contributed by atoms with Gasteiger partial charge in [0.2, 0.25) is 0 Å². The summed E-state index contributed by atoms with van der Waals surface area (Å²) in [6, 6.07) is 8.05. The van der Waals surface area contributed by atoms with Crippen molar-refractivity contribution in [3.63, 3.8) is 0 Å². The Hall–Kier alpha value is -1.34. The zero-order valence-electron chi connectivity index (χ0n) is 11.7. The van der Waals surface area contributed by atoms with Crippen LogP contribution >= 0.6 is 11.8 Å². The molecule has 20 heavy (non-hydrogen) atoms. The first-order chi connectivity index (χ1) is 9.37. The second kappa shape index (κ2) is 5.97. The molecule has 1 aromatic carbocycles. The third-order valence-corrected chi connectivity index (χ3v) is 4.88. The van der Waals surface area contributed by atoms with Gasteiger partial charge in [0.05, 0.1) is 5.75 Å². The van der Waals surface area contributed by atoms with Crippen LogP contribution in [-0.4, -0.2) is 40.9 Å². The summed E-state index contributed by atoms with van der Waals surface area (Å²) in [4.78, 5) is 0. The Morgan fingerprint density at radius 3 is 2.65 bits per heavy atom. The average Bonchev–Trinajstić information content (AvgIpc) is 2.69. The number of hydrogen-bond donors (Lipinski definition) is 0. The van der Waals surface area contributed by atoms with E-state index in [2.05, 4.69) is 16.3 Å². The van der Waals surface area contributed by atoms with E-state index in [1.807, 2.05) is 36.6 Å². The smallest absolute Gasteiger partial charge is 0.195 e. The number of nitrogens with zero attached hydrogens (tertiary/aromatic N) is 3. The van der Waals surface area contributed by atoms with Gasteiger partial charge in [-0.25, -0.2) is 8.42 Å². The minimum atomic E-state index is -2.95. The molecule has 1 heterocycles. The van der Waals surface area contributed by atoms with Crippen LogP contribution in [0.3, 0.4) is 0 Å². The molecule has 0 N–H and O–H groups in total. The molecule has 108 valence electrons. The first kappa shape index (κ1) is 15.1. The maximum atomic E-state index is 11.2. The Balaban J connectivity index is 2.24. The van der Waals surface area contributed by atoms with Crippen molar-refractivity contribution in [3.05, 3.63) is 35.7 Å². The number of hydrogen-bond acceptors (Lipinski definition) is 5. The van der Waals surface area contributed by atoms with E-state index >= 15 is 0 Å². The predicted molar refractivity (Wildman–Crippen MR) is 81.3 cm³/mol. The van der Waals surface area contributed by atoms with Gasteiger partial charge in [-0.05, 0) is 31.5 Å². The van der Waals surface area contributed by atoms with E-state index in [0.717, 1.165) is 22.2 Å². The van der Waals surface area contributed by atoms with Crippen molar-refractivity contribution in [3.8, 4) is 5.69 Å². The van der Waals surface area contributed by atoms with E-state index in [9.17, 15) is 8.42 Å². The summed E-state index contributed by atoms with van der Waals surface area (Å²) in [6.45, 7) is 3.91. The third kappa shape index (κ3) is 3.83. The van der Waals surface area contributed by atoms with E-state index < -0.39 is 9.84 Å². The lowest BCUT2D eigenvalue weighted by Gasteiger charge is -2.08. The van der Waals surface area contributed by atoms with Crippen LogP contribution in [0.25, 0.3) is 5.69 Å². The van der Waals surface area contributed by atoms with Gasteiger partial charge in [-0.3, -0.25) is 4.57 Å². The van der Waals surface area contributed by atoms with E-state index in [1.54, 1.807) is 0 Å². The molecule has 5 nitrogen and oxygen atoms in total. The standard InChI is InChI=1S/C13H17N3O2S2/c1-10-5-4-6-12(9-10)16-11(2)14-15-13(16)19-7-8-20(3,17)18/h4-6,9H,7-8H2,1-3H3. The van der Waals surface area contributed by atoms with Crippen LogP contribution in [0.4, 0.5) is 0 Å². The highest BCUT2D eigenvalue weighted by molar-refractivity contribution is 8.00. The molecule has 0 amide bonds. The summed E-state index contributed by atoms with van der Waals surface area (Å²) in [6.07, 6.45) is 1.24. The number of thioether (sulfide) groups is 1. The van der Waals surface area contributed by atoms with Gasteiger partial charge in [0, 0.05) is 17.7 Å². The van der Waals surface area contributed by atoms with Crippen molar-refractivity contribution in [2.24, 2.45) is 0 Å². The van der Waals surface area contributed by atoms with Gasteiger partial charge >= 0.3 is 0 Å². The quantitative estimate of drug-likeness (QED) is 0.790. The fraction of sp³-hybridized carbons (Fsp3) is 0.385. The van der Waals surface area contributed by atoms with Gasteiger partial charge in [0.25, 0.3) is 0 Å². The molecule has 0 saturated heterocycles. The summed E-state index contributed by atoms with van der Waals surface area (Å²) < 4.78 is 24.3. The maximum Gasteiger partial charge on any atom is 0.195 e. The molecule has 0 radical (unpaired) electrons. The molecular weight excluding hydrogens is 294 g/mol. The second-order valence-electron chi connectivity index (χ2n) is 4.68. The van der Waals surface area contributed by atoms with E-state index in [4.69, 9.17) is 0 Å². The molecular formula is C13H17N3O2S2. The second-order valence-corrected chi connectivity index (χ2v) is 8.00. The molecule has 2 rings (SSSR count). The predicted octanol–water partition coefficient (Wildman–Crippen LogP) is 2.02. The summed E-state index contributed by atoms with van der Waals surface area (Å²) in [5, 5.41) is 8.92. The van der Waals surface area contributed by atoms with Crippen molar-refractivity contribution in [1.29, 1.82) is 0 Å². The Kier molecular flexibility index (Phi) is 4.49. The van der Waals surface area contributed by atoms with Crippen LogP contribution in [0.5, 0.6) is 0 Å². The minimum Gasteiger partial charge on any atom is -0.274 e. The summed E-state index contributed by atoms with van der Waals surface area (Å²) in [5.74, 6) is 1.40. The van der Waals surface area contributed by atoms with Crippen LogP contribution in [0.1, 0.15) is 11.4 Å². The molecule has 0 spiro atoms. The van der Waals surface area contributed by atoms with Gasteiger partial charge in [0.1, 0.15) is 15.7 Å². The lowest BCUT2D eigenvalue weighted by atomic mass is 10.2. The third-order valence-electron chi connectivity index (χ3n) is 2.74. The zero-order chi connectivity index (χ0) is 14.8. The largest absolute Gasteiger partial charge is 0.274 e. The van der Waals surface area contributed by atoms with E-state index in [0.29, 0.717) is 5.75 Å². The number of aromatic nitrogens is 3. The Morgan fingerprint density at radius 1 is 1.25 bits per heavy atom. The summed E-state index contributed by atoms with van der Waals surface area (Å²) >= 11 is 1.41. The van der Waals surface area contributed by atoms with Gasteiger partial charge in [-0.15, -0.1) is 10.2 Å². The van der Waals surface area contributed by atoms with Gasteiger partial charge in [-0.1, -0.05) is 23.9 Å². The monoisotopic (exact) mass is 311 g/mol. The molecule has 0 saturated carbocycles. The van der Waals surface area contributed by atoms with Crippen LogP contribution in [0.15, 0.2) is 29.4 Å². The highest BCUT2D eigenvalue weighted by atomic mass is 32.2. The number of rotatable bonds is 5. The summed E-state index contributed by atoms with van der Waals surface area (Å²) in [7, 11) is -2.95. The number of aryl methyl sites for hydroxylation is 2. The van der Waals surface area contributed by atoms with Gasteiger partial charge < -0.3 is 0 Å². The summed E-state index contributed by atoms with van der Waals surface area (Å²) in [5.41, 5.74) is 2.15. The highest BCUT2D eigenvalue weighted by Crippen LogP contribution is 2.22.